The maximum Gasteiger partial charge on any atom is 0.0848 e. The van der Waals surface area contributed by atoms with E-state index in [1.165, 1.54) is 0 Å². The van der Waals surface area contributed by atoms with E-state index in [0.29, 0.717) is 25.8 Å². The Labute approximate surface area is 125 Å². The summed E-state index contributed by atoms with van der Waals surface area (Å²) in [5.74, 6) is 0. The van der Waals surface area contributed by atoms with Crippen LogP contribution in [-0.4, -0.2) is 6.21 Å². The third kappa shape index (κ3) is 3.18. The lowest BCUT2D eigenvalue weighted by atomic mass is 10.2. The minimum Gasteiger partial charge on any atom is -0.255 e. The molecule has 0 saturated carbocycles. The lowest BCUT2D eigenvalue weighted by Crippen LogP contribution is -1.81. The van der Waals surface area contributed by atoms with Gasteiger partial charge in [-0.15, -0.1) is 0 Å². The molecular formula is C13H7Cl4N. The summed E-state index contributed by atoms with van der Waals surface area (Å²) in [4.78, 5) is 4.26. The molecule has 0 fully saturated rings. The fourth-order valence-corrected chi connectivity index (χ4v) is 1.98. The molecule has 0 aliphatic heterocycles. The second-order valence-corrected chi connectivity index (χ2v) is 5.10. The Morgan fingerprint density at radius 3 is 2.33 bits per heavy atom. The molecule has 0 bridgehead atoms. The molecule has 0 N–H and O–H groups in total. The number of rotatable bonds is 2. The minimum absolute atomic E-state index is 0.426. The van der Waals surface area contributed by atoms with Crippen molar-refractivity contribution in [2.45, 2.75) is 0 Å². The fourth-order valence-electron chi connectivity index (χ4n) is 1.33. The summed E-state index contributed by atoms with van der Waals surface area (Å²) in [6.07, 6.45) is 1.65. The summed E-state index contributed by atoms with van der Waals surface area (Å²) in [5, 5.41) is 1.89. The van der Waals surface area contributed by atoms with Crippen molar-refractivity contribution < 1.29 is 0 Å². The smallest absolute Gasteiger partial charge is 0.0848 e. The Hall–Kier alpha value is -0.730. The molecular weight excluding hydrogens is 312 g/mol. The van der Waals surface area contributed by atoms with Gasteiger partial charge in [0.05, 0.1) is 25.8 Å². The highest BCUT2D eigenvalue weighted by molar-refractivity contribution is 6.43. The minimum atomic E-state index is 0.426. The van der Waals surface area contributed by atoms with Gasteiger partial charge in [0.1, 0.15) is 0 Å². The molecule has 0 unspecified atom stereocenters. The van der Waals surface area contributed by atoms with E-state index in [1.54, 1.807) is 36.5 Å². The van der Waals surface area contributed by atoms with Crippen molar-refractivity contribution in [3.8, 4) is 0 Å². The molecule has 18 heavy (non-hydrogen) atoms. The molecule has 0 aliphatic rings. The van der Waals surface area contributed by atoms with Crippen molar-refractivity contribution in [1.29, 1.82) is 0 Å². The van der Waals surface area contributed by atoms with Crippen LogP contribution in [0.3, 0.4) is 0 Å². The van der Waals surface area contributed by atoms with Crippen molar-refractivity contribution >= 4 is 58.3 Å². The Balaban J connectivity index is 2.30. The van der Waals surface area contributed by atoms with Gasteiger partial charge in [-0.2, -0.15) is 0 Å². The van der Waals surface area contributed by atoms with Crippen molar-refractivity contribution in [3.63, 3.8) is 0 Å². The first-order valence-electron chi connectivity index (χ1n) is 5.01. The summed E-state index contributed by atoms with van der Waals surface area (Å²) < 4.78 is 0. The van der Waals surface area contributed by atoms with Crippen LogP contribution in [0.15, 0.2) is 41.4 Å². The van der Waals surface area contributed by atoms with Crippen LogP contribution in [0.2, 0.25) is 20.1 Å². The first-order valence-corrected chi connectivity index (χ1v) is 6.52. The third-order valence-corrected chi connectivity index (χ3v) is 3.78. The first kappa shape index (κ1) is 13.7. The van der Waals surface area contributed by atoms with E-state index in [9.17, 15) is 0 Å². The number of nitrogens with zero attached hydrogens (tertiary/aromatic N) is 1. The van der Waals surface area contributed by atoms with Gasteiger partial charge in [0.25, 0.3) is 0 Å². The molecule has 0 spiro atoms. The quantitative estimate of drug-likeness (QED) is 0.597. The Morgan fingerprint density at radius 2 is 1.61 bits per heavy atom. The van der Waals surface area contributed by atoms with Crippen LogP contribution in [0.5, 0.6) is 0 Å². The van der Waals surface area contributed by atoms with Crippen LogP contribution in [0.4, 0.5) is 5.69 Å². The molecule has 2 rings (SSSR count). The summed E-state index contributed by atoms with van der Waals surface area (Å²) in [7, 11) is 0. The predicted molar refractivity (Wildman–Crippen MR) is 80.2 cm³/mol. The molecule has 0 atom stereocenters. The summed E-state index contributed by atoms with van der Waals surface area (Å²) in [6.45, 7) is 0. The molecule has 0 amide bonds. The van der Waals surface area contributed by atoms with Crippen molar-refractivity contribution in [3.05, 3.63) is 62.1 Å². The third-order valence-electron chi connectivity index (χ3n) is 2.23. The molecule has 0 aliphatic carbocycles. The van der Waals surface area contributed by atoms with Gasteiger partial charge in [-0.25, -0.2) is 0 Å². The molecule has 0 heterocycles. The fraction of sp³-hybridized carbons (Fsp3) is 0. The predicted octanol–water partition coefficient (Wildman–Crippen LogP) is 6.05. The van der Waals surface area contributed by atoms with E-state index in [1.807, 2.05) is 6.07 Å². The summed E-state index contributed by atoms with van der Waals surface area (Å²) in [6, 6.07) is 10.5. The number of halogens is 4. The maximum absolute atomic E-state index is 6.02. The summed E-state index contributed by atoms with van der Waals surface area (Å²) >= 11 is 23.7. The van der Waals surface area contributed by atoms with Crippen LogP contribution >= 0.6 is 46.4 Å². The lowest BCUT2D eigenvalue weighted by molar-refractivity contribution is 1.52. The van der Waals surface area contributed by atoms with Gasteiger partial charge in [-0.3, -0.25) is 4.99 Å². The standard InChI is InChI=1S/C13H7Cl4N/c14-9-5-4-8(6-11(9)16)7-18-12-3-1-2-10(15)13(12)17/h1-7H. The van der Waals surface area contributed by atoms with Crippen LogP contribution < -0.4 is 0 Å². The largest absolute Gasteiger partial charge is 0.255 e. The van der Waals surface area contributed by atoms with E-state index in [0.717, 1.165) is 5.56 Å². The van der Waals surface area contributed by atoms with Crippen molar-refractivity contribution in [2.24, 2.45) is 4.99 Å². The van der Waals surface area contributed by atoms with E-state index >= 15 is 0 Å². The van der Waals surface area contributed by atoms with Gasteiger partial charge in [-0.05, 0) is 29.8 Å². The van der Waals surface area contributed by atoms with Crippen LogP contribution in [0, 0.1) is 0 Å². The molecule has 2 aromatic carbocycles. The molecule has 5 heteroatoms. The van der Waals surface area contributed by atoms with Gasteiger partial charge in [0.2, 0.25) is 0 Å². The highest BCUT2D eigenvalue weighted by atomic mass is 35.5. The molecule has 92 valence electrons. The maximum atomic E-state index is 6.02. The monoisotopic (exact) mass is 317 g/mol. The first-order chi connectivity index (χ1) is 8.58. The molecule has 2 aromatic rings. The van der Waals surface area contributed by atoms with Gasteiger partial charge in [-0.1, -0.05) is 58.5 Å². The van der Waals surface area contributed by atoms with E-state index in [4.69, 9.17) is 46.4 Å². The van der Waals surface area contributed by atoms with Gasteiger partial charge in [0, 0.05) is 6.21 Å². The molecule has 1 nitrogen and oxygen atoms in total. The average molecular weight is 319 g/mol. The number of hydrogen-bond donors (Lipinski definition) is 0. The van der Waals surface area contributed by atoms with E-state index in [2.05, 4.69) is 4.99 Å². The van der Waals surface area contributed by atoms with Crippen molar-refractivity contribution in [1.82, 2.24) is 0 Å². The Kier molecular flexibility index (Phi) is 4.52. The van der Waals surface area contributed by atoms with Gasteiger partial charge >= 0.3 is 0 Å². The number of benzene rings is 2. The van der Waals surface area contributed by atoms with Gasteiger partial charge < -0.3 is 0 Å². The zero-order valence-corrected chi connectivity index (χ0v) is 12.0. The molecule has 0 saturated heterocycles. The highest BCUT2D eigenvalue weighted by Crippen LogP contribution is 2.31. The molecule has 0 aromatic heterocycles. The van der Waals surface area contributed by atoms with E-state index < -0.39 is 0 Å². The lowest BCUT2D eigenvalue weighted by Gasteiger charge is -2.00. The Morgan fingerprint density at radius 1 is 0.833 bits per heavy atom. The second-order valence-electron chi connectivity index (χ2n) is 3.50. The average Bonchev–Trinajstić information content (AvgIpc) is 2.35. The topological polar surface area (TPSA) is 12.4 Å². The number of aliphatic imine (C=N–C) groups is 1. The van der Waals surface area contributed by atoms with Crippen LogP contribution in [-0.2, 0) is 0 Å². The molecule has 0 radical (unpaired) electrons. The second kappa shape index (κ2) is 5.94. The normalized spacial score (nSPS) is 11.1. The zero-order valence-electron chi connectivity index (χ0n) is 9.00. The SMILES string of the molecule is Clc1ccc(C=Nc2cccc(Cl)c2Cl)cc1Cl. The zero-order chi connectivity index (χ0) is 13.1. The van der Waals surface area contributed by atoms with Crippen molar-refractivity contribution in [2.75, 3.05) is 0 Å². The van der Waals surface area contributed by atoms with Crippen LogP contribution in [0.1, 0.15) is 5.56 Å². The van der Waals surface area contributed by atoms with E-state index in [-0.39, 0.29) is 0 Å². The summed E-state index contributed by atoms with van der Waals surface area (Å²) in [5.41, 5.74) is 1.44. The number of hydrogen-bond acceptors (Lipinski definition) is 1. The highest BCUT2D eigenvalue weighted by Gasteiger charge is 2.02. The van der Waals surface area contributed by atoms with Crippen LogP contribution in [0.25, 0.3) is 0 Å². The Bertz CT molecular complexity index is 608. The van der Waals surface area contributed by atoms with Gasteiger partial charge in [0.15, 0.2) is 0 Å².